The first kappa shape index (κ1) is 15.4. The third kappa shape index (κ3) is 3.18. The van der Waals surface area contributed by atoms with E-state index >= 15 is 0 Å². The van der Waals surface area contributed by atoms with Gasteiger partial charge in [0.2, 0.25) is 5.91 Å². The second kappa shape index (κ2) is 6.64. The van der Waals surface area contributed by atoms with E-state index in [0.717, 1.165) is 22.2 Å². The van der Waals surface area contributed by atoms with Gasteiger partial charge in [-0.25, -0.2) is 0 Å². The lowest BCUT2D eigenvalue weighted by Gasteiger charge is -2.28. The van der Waals surface area contributed by atoms with Crippen LogP contribution in [0.3, 0.4) is 0 Å². The number of alkyl halides is 1. The topological polar surface area (TPSA) is 29.5 Å². The molecule has 0 fully saturated rings. The van der Waals surface area contributed by atoms with E-state index in [1.807, 2.05) is 18.2 Å². The summed E-state index contributed by atoms with van der Waals surface area (Å²) in [5, 5.41) is 0. The third-order valence-electron chi connectivity index (χ3n) is 3.02. The van der Waals surface area contributed by atoms with Gasteiger partial charge in [0.1, 0.15) is 12.4 Å². The first-order chi connectivity index (χ1) is 9.54. The van der Waals surface area contributed by atoms with Gasteiger partial charge in [-0.15, -0.1) is 6.42 Å². The minimum Gasteiger partial charge on any atom is -0.481 e. The highest BCUT2D eigenvalue weighted by atomic mass is 127. The molecule has 0 radical (unpaired) electrons. The molecule has 1 aromatic rings. The van der Waals surface area contributed by atoms with Crippen LogP contribution in [0.1, 0.15) is 12.0 Å². The van der Waals surface area contributed by atoms with Gasteiger partial charge in [0.15, 0.2) is 0 Å². The molecule has 0 bridgehead atoms. The Balaban J connectivity index is 2.30. The summed E-state index contributed by atoms with van der Waals surface area (Å²) >= 11 is 5.70. The summed E-state index contributed by atoms with van der Waals surface area (Å²) in [6.45, 7) is 0.239. The van der Waals surface area contributed by atoms with Gasteiger partial charge >= 0.3 is 0 Å². The first-order valence-corrected chi connectivity index (χ1v) is 8.06. The second-order valence-corrected chi connectivity index (χ2v) is 6.68. The fourth-order valence-electron chi connectivity index (χ4n) is 1.99. The van der Waals surface area contributed by atoms with E-state index in [9.17, 15) is 4.79 Å². The highest BCUT2D eigenvalue weighted by molar-refractivity contribution is 14.1. The van der Waals surface area contributed by atoms with Crippen molar-refractivity contribution in [3.8, 4) is 18.1 Å². The van der Waals surface area contributed by atoms with Crippen LogP contribution in [0.2, 0.25) is 0 Å². The lowest BCUT2D eigenvalue weighted by Crippen LogP contribution is -2.35. The zero-order valence-corrected chi connectivity index (χ0v) is 14.6. The van der Waals surface area contributed by atoms with Crippen LogP contribution >= 0.6 is 38.5 Å². The third-order valence-corrected chi connectivity index (χ3v) is 4.71. The van der Waals surface area contributed by atoms with E-state index in [-0.39, 0.29) is 16.4 Å². The van der Waals surface area contributed by atoms with Crippen LogP contribution in [0, 0.1) is 12.3 Å². The Morgan fingerprint density at radius 1 is 1.60 bits per heavy atom. The molecular weight excluding hydrogens is 433 g/mol. The normalized spacial score (nSPS) is 18.5. The van der Waals surface area contributed by atoms with E-state index in [0.29, 0.717) is 5.75 Å². The van der Waals surface area contributed by atoms with Crippen molar-refractivity contribution in [2.75, 3.05) is 13.7 Å². The van der Waals surface area contributed by atoms with Crippen molar-refractivity contribution in [3.63, 3.8) is 0 Å². The molecule has 20 heavy (non-hydrogen) atoms. The summed E-state index contributed by atoms with van der Waals surface area (Å²) < 4.78 is 6.27. The fourth-order valence-corrected chi connectivity index (χ4v) is 3.22. The number of terminal acetylenes is 1. The number of allylic oxidation sites excluding steroid dienone is 1. The average Bonchev–Trinajstić information content (AvgIpc) is 2.44. The van der Waals surface area contributed by atoms with Gasteiger partial charge in [-0.1, -0.05) is 34.6 Å². The number of nitrogens with zero attached hydrogens (tertiary/aromatic N) is 1. The van der Waals surface area contributed by atoms with Gasteiger partial charge in [0.05, 0.1) is 3.92 Å². The van der Waals surface area contributed by atoms with Crippen molar-refractivity contribution in [1.82, 2.24) is 4.90 Å². The smallest absolute Gasteiger partial charge is 0.240 e. The molecule has 104 valence electrons. The number of rotatable bonds is 3. The molecular formula is C15H13BrINO2. The minimum atomic E-state index is 0.0124. The van der Waals surface area contributed by atoms with Crippen LogP contribution < -0.4 is 4.74 Å². The van der Waals surface area contributed by atoms with Gasteiger partial charge in [-0.05, 0) is 40.5 Å². The maximum absolute atomic E-state index is 12.0. The molecule has 1 aromatic carbocycles. The maximum atomic E-state index is 12.0. The average molecular weight is 446 g/mol. The Hall–Kier alpha value is -1.00. The van der Waals surface area contributed by atoms with E-state index in [2.05, 4.69) is 50.5 Å². The lowest BCUT2D eigenvalue weighted by molar-refractivity contribution is -0.126. The monoisotopic (exact) mass is 445 g/mol. The molecule has 1 aliphatic heterocycles. The highest BCUT2D eigenvalue weighted by Crippen LogP contribution is 2.33. The largest absolute Gasteiger partial charge is 0.481 e. The Bertz CT molecular complexity index is 606. The van der Waals surface area contributed by atoms with Gasteiger partial charge in [0.25, 0.3) is 0 Å². The van der Waals surface area contributed by atoms with Crippen LogP contribution in [0.25, 0.3) is 5.70 Å². The molecule has 0 N–H and O–H groups in total. The second-order valence-electron chi connectivity index (χ2n) is 4.32. The molecule has 5 heteroatoms. The summed E-state index contributed by atoms with van der Waals surface area (Å²) in [5.41, 5.74) is 1.88. The number of amides is 1. The van der Waals surface area contributed by atoms with Crippen molar-refractivity contribution in [1.29, 1.82) is 0 Å². The molecule has 0 saturated carbocycles. The summed E-state index contributed by atoms with van der Waals surface area (Å²) in [5.74, 6) is 3.26. The molecule has 3 nitrogen and oxygen atoms in total. The van der Waals surface area contributed by atoms with Gasteiger partial charge in [-0.3, -0.25) is 4.79 Å². The molecule has 1 aliphatic rings. The van der Waals surface area contributed by atoms with E-state index in [4.69, 9.17) is 11.2 Å². The molecule has 1 atom stereocenters. The van der Waals surface area contributed by atoms with Gasteiger partial charge in [-0.2, -0.15) is 0 Å². The summed E-state index contributed by atoms with van der Waals surface area (Å²) in [6, 6.07) is 5.65. The Morgan fingerprint density at radius 2 is 2.35 bits per heavy atom. The lowest BCUT2D eigenvalue weighted by atomic mass is 10.0. The van der Waals surface area contributed by atoms with E-state index < -0.39 is 0 Å². The number of hydrogen-bond donors (Lipinski definition) is 0. The fraction of sp³-hybridized carbons (Fsp3) is 0.267. The number of carbonyl (C=O) groups is 1. The van der Waals surface area contributed by atoms with Gasteiger partial charge in [0, 0.05) is 22.8 Å². The number of hydrogen-bond acceptors (Lipinski definition) is 2. The minimum absolute atomic E-state index is 0.0124. The van der Waals surface area contributed by atoms with E-state index in [1.54, 1.807) is 11.9 Å². The van der Waals surface area contributed by atoms with Gasteiger partial charge < -0.3 is 9.64 Å². The SMILES string of the molecule is C#CCOc1ccc(C2=CCC(I)C(=O)N2C)c(Br)c1. The zero-order valence-electron chi connectivity index (χ0n) is 10.9. The quantitative estimate of drug-likeness (QED) is 0.405. The standard InChI is InChI=1S/C15H13BrINO2/c1-3-8-20-10-4-5-11(12(16)9-10)14-7-6-13(17)15(19)18(14)2/h1,4-5,7,9,13H,6,8H2,2H3. The van der Waals surface area contributed by atoms with Crippen molar-refractivity contribution >= 4 is 50.1 Å². The molecule has 1 heterocycles. The van der Waals surface area contributed by atoms with Crippen LogP contribution in [-0.4, -0.2) is 28.4 Å². The number of ether oxygens (including phenoxy) is 1. The molecule has 0 saturated heterocycles. The van der Waals surface area contributed by atoms with Crippen LogP contribution in [0.5, 0.6) is 5.75 Å². The molecule has 1 unspecified atom stereocenters. The predicted octanol–water partition coefficient (Wildman–Crippen LogP) is 3.47. The van der Waals surface area contributed by atoms with Crippen molar-refractivity contribution < 1.29 is 9.53 Å². The summed E-state index contributed by atoms with van der Waals surface area (Å²) in [4.78, 5) is 13.7. The van der Waals surface area contributed by atoms with Crippen LogP contribution in [-0.2, 0) is 4.79 Å². The molecule has 0 aliphatic carbocycles. The summed E-state index contributed by atoms with van der Waals surface area (Å²) in [6.07, 6.45) is 8.00. The first-order valence-electron chi connectivity index (χ1n) is 6.02. The van der Waals surface area contributed by atoms with Crippen LogP contribution in [0.4, 0.5) is 0 Å². The zero-order chi connectivity index (χ0) is 14.7. The number of benzene rings is 1. The van der Waals surface area contributed by atoms with Crippen molar-refractivity contribution in [2.45, 2.75) is 10.3 Å². The number of halogens is 2. The molecule has 2 rings (SSSR count). The van der Waals surface area contributed by atoms with Crippen LogP contribution in [0.15, 0.2) is 28.7 Å². The highest BCUT2D eigenvalue weighted by Gasteiger charge is 2.27. The van der Waals surface area contributed by atoms with E-state index in [1.165, 1.54) is 0 Å². The predicted molar refractivity (Wildman–Crippen MR) is 91.6 cm³/mol. The molecule has 0 spiro atoms. The maximum Gasteiger partial charge on any atom is 0.240 e. The Kier molecular flexibility index (Phi) is 5.11. The summed E-state index contributed by atoms with van der Waals surface area (Å²) in [7, 11) is 1.80. The van der Waals surface area contributed by atoms with Crippen molar-refractivity contribution in [3.05, 3.63) is 34.3 Å². The number of carbonyl (C=O) groups excluding carboxylic acids is 1. The Morgan fingerprint density at radius 3 is 3.00 bits per heavy atom. The van der Waals surface area contributed by atoms with Crippen molar-refractivity contribution in [2.24, 2.45) is 0 Å². The Labute approximate surface area is 140 Å². The molecule has 1 amide bonds. The molecule has 0 aromatic heterocycles.